The predicted octanol–water partition coefficient (Wildman–Crippen LogP) is 11.2. The number of phenolic OH excluding ortho intramolecular Hbond substituents is 3. The van der Waals surface area contributed by atoms with Crippen molar-refractivity contribution in [3.8, 4) is 17.2 Å². The van der Waals surface area contributed by atoms with Gasteiger partial charge in [-0.1, -0.05) is 161 Å². The molecular weight excluding hydrogens is 907 g/mol. The predicted molar refractivity (Wildman–Crippen MR) is 289 cm³/mol. The third-order valence-corrected chi connectivity index (χ3v) is 13.4. The van der Waals surface area contributed by atoms with Crippen molar-refractivity contribution in [1.82, 2.24) is 14.7 Å². The maximum atomic E-state index is 13.2. The first kappa shape index (κ1) is 59.9. The highest BCUT2D eigenvalue weighted by atomic mass is 16.5. The maximum Gasteiger partial charge on any atom is 0.306 e. The van der Waals surface area contributed by atoms with E-state index in [1.165, 1.54) is 0 Å². The van der Waals surface area contributed by atoms with E-state index in [0.29, 0.717) is 76.2 Å². The number of benzene rings is 3. The van der Waals surface area contributed by atoms with E-state index in [-0.39, 0.29) is 89.5 Å². The second-order valence-corrected chi connectivity index (χ2v) is 26.4. The topological polar surface area (TPSA) is 149 Å². The SMILES string of the molecule is CC(C)(C)c1cc(CCC(=O)OCCN2CN(CCOC(=O)CCc3cc(C(C)(C)C)c(O)c(C(C)(C)C)c3)CN(CCOC(=O)CCc3cc(C(C)(C)C)c(O)c(C(C)(C)C)c3)C2)cc(C(C)(C)C)c1O. The molecule has 1 saturated heterocycles. The molecular formula is C60H93N3O9. The van der Waals surface area contributed by atoms with Crippen LogP contribution in [0.15, 0.2) is 36.4 Å². The Bertz CT molecular complexity index is 1970. The highest BCUT2D eigenvalue weighted by Gasteiger charge is 2.30. The first-order valence-corrected chi connectivity index (χ1v) is 26.2. The smallest absolute Gasteiger partial charge is 0.306 e. The molecule has 3 aromatic rings. The van der Waals surface area contributed by atoms with Crippen molar-refractivity contribution in [2.75, 3.05) is 59.5 Å². The molecule has 0 unspecified atom stereocenters. The first-order valence-electron chi connectivity index (χ1n) is 26.2. The average molecular weight is 1000 g/mol. The molecule has 0 bridgehead atoms. The van der Waals surface area contributed by atoms with Gasteiger partial charge in [0, 0.05) is 38.9 Å². The van der Waals surface area contributed by atoms with Gasteiger partial charge in [-0.25, -0.2) is 0 Å². The van der Waals surface area contributed by atoms with Gasteiger partial charge in [0.1, 0.15) is 37.1 Å². The lowest BCUT2D eigenvalue weighted by Gasteiger charge is -2.42. The van der Waals surface area contributed by atoms with E-state index in [1.807, 2.05) is 36.4 Å². The average Bonchev–Trinajstić information content (AvgIpc) is 3.22. The van der Waals surface area contributed by atoms with Crippen molar-refractivity contribution in [3.63, 3.8) is 0 Å². The summed E-state index contributed by atoms with van der Waals surface area (Å²) in [6, 6.07) is 12.0. The molecule has 0 aliphatic carbocycles. The molecule has 72 heavy (non-hydrogen) atoms. The lowest BCUT2D eigenvalue weighted by atomic mass is 9.78. The molecule has 402 valence electrons. The molecule has 1 fully saturated rings. The van der Waals surface area contributed by atoms with Crippen molar-refractivity contribution >= 4 is 17.9 Å². The van der Waals surface area contributed by atoms with Crippen LogP contribution >= 0.6 is 0 Å². The van der Waals surface area contributed by atoms with Crippen LogP contribution in [-0.4, -0.2) is 107 Å². The largest absolute Gasteiger partial charge is 0.507 e. The fourth-order valence-corrected chi connectivity index (χ4v) is 9.17. The minimum absolute atomic E-state index is 0.191. The number of rotatable bonds is 18. The Kier molecular flexibility index (Phi) is 19.7. The van der Waals surface area contributed by atoms with Crippen molar-refractivity contribution in [1.29, 1.82) is 0 Å². The molecule has 1 aliphatic heterocycles. The summed E-state index contributed by atoms with van der Waals surface area (Å²) in [7, 11) is 0. The van der Waals surface area contributed by atoms with Crippen LogP contribution < -0.4 is 0 Å². The molecule has 4 rings (SSSR count). The highest BCUT2D eigenvalue weighted by molar-refractivity contribution is 5.71. The van der Waals surface area contributed by atoms with Crippen LogP contribution in [0.4, 0.5) is 0 Å². The third kappa shape index (κ3) is 17.5. The van der Waals surface area contributed by atoms with Gasteiger partial charge in [0.05, 0.1) is 20.0 Å². The number of hydrogen-bond acceptors (Lipinski definition) is 12. The number of ether oxygens (including phenoxy) is 3. The van der Waals surface area contributed by atoms with Crippen LogP contribution in [0.2, 0.25) is 0 Å². The van der Waals surface area contributed by atoms with E-state index in [1.54, 1.807) is 0 Å². The van der Waals surface area contributed by atoms with Gasteiger partial charge < -0.3 is 29.5 Å². The fraction of sp³-hybridized carbons (Fsp3) is 0.650. The minimum atomic E-state index is -0.296. The maximum absolute atomic E-state index is 13.2. The van der Waals surface area contributed by atoms with Crippen LogP contribution in [0.5, 0.6) is 17.2 Å². The first-order chi connectivity index (χ1) is 32.9. The van der Waals surface area contributed by atoms with Gasteiger partial charge in [-0.2, -0.15) is 0 Å². The number of esters is 3. The summed E-state index contributed by atoms with van der Waals surface area (Å²) >= 11 is 0. The lowest BCUT2D eigenvalue weighted by Crippen LogP contribution is -2.56. The van der Waals surface area contributed by atoms with Crippen molar-refractivity contribution < 1.29 is 43.9 Å². The lowest BCUT2D eigenvalue weighted by molar-refractivity contribution is -0.145. The molecule has 0 amide bonds. The van der Waals surface area contributed by atoms with E-state index in [9.17, 15) is 29.7 Å². The Morgan fingerprint density at radius 3 is 0.722 bits per heavy atom. The van der Waals surface area contributed by atoms with Crippen molar-refractivity contribution in [2.24, 2.45) is 0 Å². The molecule has 3 N–H and O–H groups in total. The standard InChI is InChI=1S/C60H93N3O9/c1-55(2,3)43-31-40(32-44(52(43)67)56(4,5)6)19-22-49(64)70-28-25-61-37-62(26-29-71-50(65)23-20-41-33-45(57(7,8)9)53(68)46(34-41)58(10,11)12)39-63(38-61)27-30-72-51(66)24-21-42-35-47(59(13,14)15)54(69)48(36-42)60(16,17)18/h31-36,67-69H,19-30,37-39H2,1-18H3. The summed E-state index contributed by atoms with van der Waals surface area (Å²) in [5.74, 6) is 0.0493. The van der Waals surface area contributed by atoms with Crippen LogP contribution in [0.1, 0.15) is 194 Å². The van der Waals surface area contributed by atoms with Crippen LogP contribution in [0, 0.1) is 0 Å². The molecule has 0 aromatic heterocycles. The number of nitrogens with zero attached hydrogens (tertiary/aromatic N) is 3. The zero-order chi connectivity index (χ0) is 54.4. The fourth-order valence-electron chi connectivity index (χ4n) is 9.17. The third-order valence-electron chi connectivity index (χ3n) is 13.4. The Labute approximate surface area is 433 Å². The molecule has 0 spiro atoms. The normalized spacial score (nSPS) is 14.9. The van der Waals surface area contributed by atoms with Crippen LogP contribution in [0.25, 0.3) is 0 Å². The molecule has 1 heterocycles. The number of carbonyl (C=O) groups is 3. The minimum Gasteiger partial charge on any atom is -0.507 e. The quantitative estimate of drug-likeness (QED) is 0.0822. The van der Waals surface area contributed by atoms with Crippen molar-refractivity contribution in [2.45, 2.75) is 196 Å². The second-order valence-electron chi connectivity index (χ2n) is 26.4. The molecule has 12 heteroatoms. The Morgan fingerprint density at radius 1 is 0.375 bits per heavy atom. The van der Waals surface area contributed by atoms with E-state index in [4.69, 9.17) is 14.2 Å². The summed E-state index contributed by atoms with van der Waals surface area (Å²) in [6.45, 7) is 41.0. The Balaban J connectivity index is 1.38. The second kappa shape index (κ2) is 23.7. The molecule has 0 radical (unpaired) electrons. The molecule has 3 aromatic carbocycles. The summed E-state index contributed by atoms with van der Waals surface area (Å²) in [5.41, 5.74) is 6.47. The van der Waals surface area contributed by atoms with Crippen LogP contribution in [0.3, 0.4) is 0 Å². The summed E-state index contributed by atoms with van der Waals surface area (Å²) < 4.78 is 17.4. The molecule has 12 nitrogen and oxygen atoms in total. The van der Waals surface area contributed by atoms with Crippen LogP contribution in [-0.2, 0) is 80.3 Å². The van der Waals surface area contributed by atoms with E-state index < -0.39 is 0 Å². The number of hydrogen-bond donors (Lipinski definition) is 3. The van der Waals surface area contributed by atoms with E-state index in [0.717, 1.165) is 50.1 Å². The number of aromatic hydroxyl groups is 3. The summed E-state index contributed by atoms with van der Waals surface area (Å²) in [6.07, 6.45) is 2.09. The van der Waals surface area contributed by atoms with E-state index in [2.05, 4.69) is 139 Å². The van der Waals surface area contributed by atoms with Gasteiger partial charge in [-0.3, -0.25) is 29.1 Å². The van der Waals surface area contributed by atoms with Gasteiger partial charge in [0.15, 0.2) is 0 Å². The van der Waals surface area contributed by atoms with Gasteiger partial charge in [-0.15, -0.1) is 0 Å². The zero-order valence-electron chi connectivity index (χ0n) is 47.7. The highest BCUT2D eigenvalue weighted by Crippen LogP contribution is 2.43. The van der Waals surface area contributed by atoms with Gasteiger partial charge in [0.2, 0.25) is 0 Å². The molecule has 0 saturated carbocycles. The van der Waals surface area contributed by atoms with Gasteiger partial charge >= 0.3 is 17.9 Å². The number of carbonyl (C=O) groups excluding carboxylic acids is 3. The molecule has 1 aliphatic rings. The molecule has 0 atom stereocenters. The summed E-state index contributed by atoms with van der Waals surface area (Å²) in [4.78, 5) is 46.0. The zero-order valence-corrected chi connectivity index (χ0v) is 47.7. The van der Waals surface area contributed by atoms with E-state index >= 15 is 0 Å². The summed E-state index contributed by atoms with van der Waals surface area (Å²) in [5, 5.41) is 33.5. The Morgan fingerprint density at radius 2 is 0.556 bits per heavy atom. The van der Waals surface area contributed by atoms with Gasteiger partial charge in [0.25, 0.3) is 0 Å². The van der Waals surface area contributed by atoms with Crippen molar-refractivity contribution in [3.05, 3.63) is 86.5 Å². The monoisotopic (exact) mass is 1000 g/mol. The number of aryl methyl sites for hydroxylation is 3. The Hall–Kier alpha value is -4.65. The van der Waals surface area contributed by atoms with Gasteiger partial charge in [-0.05, 0) is 102 Å². The number of phenols is 3.